The van der Waals surface area contributed by atoms with E-state index in [-0.39, 0.29) is 23.8 Å². The van der Waals surface area contributed by atoms with Crippen LogP contribution in [-0.4, -0.2) is 65.0 Å². The van der Waals surface area contributed by atoms with Crippen LogP contribution in [0.15, 0.2) is 35.3 Å². The van der Waals surface area contributed by atoms with E-state index in [1.807, 2.05) is 30.3 Å². The van der Waals surface area contributed by atoms with Crippen molar-refractivity contribution in [2.75, 3.05) is 13.1 Å². The van der Waals surface area contributed by atoms with Gasteiger partial charge in [-0.25, -0.2) is 0 Å². The summed E-state index contributed by atoms with van der Waals surface area (Å²) in [5.74, 6) is -1.85. The van der Waals surface area contributed by atoms with Crippen LogP contribution in [0.1, 0.15) is 51.0 Å². The molecule has 1 fully saturated rings. The molecule has 0 unspecified atom stereocenters. The molecular weight excluding hydrogens is 436 g/mol. The number of amides is 2. The lowest BCUT2D eigenvalue weighted by molar-refractivity contribution is -0.147. The highest BCUT2D eigenvalue weighted by molar-refractivity contribution is 5.90. The molecule has 2 atom stereocenters. The van der Waals surface area contributed by atoms with Gasteiger partial charge in [-0.2, -0.15) is 0 Å². The molecule has 10 heteroatoms. The van der Waals surface area contributed by atoms with Gasteiger partial charge in [0.1, 0.15) is 6.04 Å². The van der Waals surface area contributed by atoms with E-state index in [9.17, 15) is 19.5 Å². The van der Waals surface area contributed by atoms with E-state index >= 15 is 0 Å². The van der Waals surface area contributed by atoms with Crippen LogP contribution in [0.4, 0.5) is 0 Å². The average Bonchev–Trinajstić information content (AvgIpc) is 2.81. The first-order valence-corrected chi connectivity index (χ1v) is 11.9. The first-order valence-electron chi connectivity index (χ1n) is 11.9. The van der Waals surface area contributed by atoms with Gasteiger partial charge < -0.3 is 32.5 Å². The summed E-state index contributed by atoms with van der Waals surface area (Å²) in [5.41, 5.74) is 17.9. The Hall–Kier alpha value is -3.14. The third-order valence-corrected chi connectivity index (χ3v) is 6.21. The van der Waals surface area contributed by atoms with Gasteiger partial charge in [-0.15, -0.1) is 0 Å². The fourth-order valence-electron chi connectivity index (χ4n) is 4.41. The van der Waals surface area contributed by atoms with E-state index in [1.165, 1.54) is 0 Å². The molecule has 0 heterocycles. The molecule has 0 bridgehead atoms. The third-order valence-electron chi connectivity index (χ3n) is 6.21. The van der Waals surface area contributed by atoms with Gasteiger partial charge in [0, 0.05) is 19.1 Å². The SMILES string of the molecule is C[C@H](N)C(=O)N(C1CCC(C(=O)O)CC1)[C@@H](CCCN=C(N)N)C(=O)NCCc1ccccc1. The number of carboxylic acid groups (broad SMARTS) is 1. The zero-order valence-corrected chi connectivity index (χ0v) is 19.9. The van der Waals surface area contributed by atoms with Crippen molar-refractivity contribution in [1.29, 1.82) is 0 Å². The minimum Gasteiger partial charge on any atom is -0.481 e. The van der Waals surface area contributed by atoms with E-state index in [1.54, 1.807) is 11.8 Å². The average molecular weight is 475 g/mol. The van der Waals surface area contributed by atoms with Crippen LogP contribution >= 0.6 is 0 Å². The number of nitrogens with two attached hydrogens (primary N) is 3. The summed E-state index contributed by atoms with van der Waals surface area (Å²) in [7, 11) is 0. The molecule has 0 spiro atoms. The first-order chi connectivity index (χ1) is 16.2. The minimum absolute atomic E-state index is 0.0284. The summed E-state index contributed by atoms with van der Waals surface area (Å²) >= 11 is 0. The molecule has 1 aromatic carbocycles. The molecule has 0 saturated heterocycles. The quantitative estimate of drug-likeness (QED) is 0.167. The molecule has 10 nitrogen and oxygen atoms in total. The number of nitrogens with one attached hydrogen (secondary N) is 1. The topological polar surface area (TPSA) is 177 Å². The molecule has 0 aliphatic heterocycles. The van der Waals surface area contributed by atoms with Crippen LogP contribution in [0.3, 0.4) is 0 Å². The van der Waals surface area contributed by atoms with Crippen molar-refractivity contribution in [1.82, 2.24) is 10.2 Å². The molecule has 0 radical (unpaired) electrons. The smallest absolute Gasteiger partial charge is 0.306 e. The van der Waals surface area contributed by atoms with Gasteiger partial charge in [0.25, 0.3) is 0 Å². The van der Waals surface area contributed by atoms with Crippen molar-refractivity contribution >= 4 is 23.7 Å². The van der Waals surface area contributed by atoms with E-state index in [0.29, 0.717) is 58.0 Å². The summed E-state index contributed by atoms with van der Waals surface area (Å²) < 4.78 is 0. The second-order valence-electron chi connectivity index (χ2n) is 8.87. The maximum absolute atomic E-state index is 13.3. The first kappa shape index (κ1) is 27.1. The lowest BCUT2D eigenvalue weighted by Crippen LogP contribution is -2.58. The molecule has 1 aromatic rings. The number of guanidine groups is 1. The van der Waals surface area contributed by atoms with Crippen LogP contribution in [0, 0.1) is 5.92 Å². The standard InChI is InChI=1S/C24H38N6O4/c1-16(25)22(32)30(19-11-9-18(10-12-19)23(33)34)20(8-5-14-29-24(26)27)21(31)28-15-13-17-6-3-2-4-7-17/h2-4,6-7,16,18-20H,5,8-15,25H2,1H3,(H,28,31)(H,33,34)(H4,26,27,29)/t16-,18?,19?,20-/m0/s1. The highest BCUT2D eigenvalue weighted by Crippen LogP contribution is 2.30. The van der Waals surface area contributed by atoms with E-state index in [0.717, 1.165) is 5.56 Å². The lowest BCUT2D eigenvalue weighted by Gasteiger charge is -2.41. The van der Waals surface area contributed by atoms with Crippen molar-refractivity contribution in [3.05, 3.63) is 35.9 Å². The molecule has 2 rings (SSSR count). The monoisotopic (exact) mass is 474 g/mol. The second-order valence-corrected chi connectivity index (χ2v) is 8.87. The highest BCUT2D eigenvalue weighted by atomic mass is 16.4. The number of hydrogen-bond acceptors (Lipinski definition) is 5. The van der Waals surface area contributed by atoms with Crippen molar-refractivity contribution in [2.24, 2.45) is 28.1 Å². The number of rotatable bonds is 12. The maximum atomic E-state index is 13.3. The minimum atomic E-state index is -0.823. The summed E-state index contributed by atoms with van der Waals surface area (Å²) in [6.07, 6.45) is 3.47. The molecule has 1 aliphatic carbocycles. The van der Waals surface area contributed by atoms with Crippen LogP contribution < -0.4 is 22.5 Å². The Morgan fingerprint density at radius 2 is 1.79 bits per heavy atom. The Balaban J connectivity index is 2.17. The summed E-state index contributed by atoms with van der Waals surface area (Å²) in [6, 6.07) is 8.04. The summed E-state index contributed by atoms with van der Waals surface area (Å²) in [6.45, 7) is 2.36. The maximum Gasteiger partial charge on any atom is 0.306 e. The van der Waals surface area contributed by atoms with E-state index < -0.39 is 24.0 Å². The predicted molar refractivity (Wildman–Crippen MR) is 131 cm³/mol. The Labute approximate surface area is 200 Å². The van der Waals surface area contributed by atoms with E-state index in [2.05, 4.69) is 10.3 Å². The van der Waals surface area contributed by atoms with Gasteiger partial charge in [0.15, 0.2) is 5.96 Å². The zero-order valence-electron chi connectivity index (χ0n) is 19.9. The van der Waals surface area contributed by atoms with Crippen LogP contribution in [0.25, 0.3) is 0 Å². The van der Waals surface area contributed by atoms with Gasteiger partial charge in [-0.1, -0.05) is 30.3 Å². The number of benzene rings is 1. The Morgan fingerprint density at radius 1 is 1.15 bits per heavy atom. The molecule has 8 N–H and O–H groups in total. The molecule has 1 saturated carbocycles. The van der Waals surface area contributed by atoms with E-state index in [4.69, 9.17) is 17.2 Å². The predicted octanol–water partition coefficient (Wildman–Crippen LogP) is 0.587. The molecular formula is C24H38N6O4. The third kappa shape index (κ3) is 8.33. The highest BCUT2D eigenvalue weighted by Gasteiger charge is 2.38. The van der Waals surface area contributed by atoms with Crippen molar-refractivity contribution < 1.29 is 19.5 Å². The number of nitrogens with zero attached hydrogens (tertiary/aromatic N) is 2. The van der Waals surface area contributed by atoms with Gasteiger partial charge in [0.2, 0.25) is 11.8 Å². The van der Waals surface area contributed by atoms with Crippen LogP contribution in [0.2, 0.25) is 0 Å². The van der Waals surface area contributed by atoms with Gasteiger partial charge in [-0.05, 0) is 57.4 Å². The fourth-order valence-corrected chi connectivity index (χ4v) is 4.41. The number of carboxylic acids is 1. The normalized spacial score (nSPS) is 19.5. The van der Waals surface area contributed by atoms with Gasteiger partial charge in [0.05, 0.1) is 12.0 Å². The fraction of sp³-hybridized carbons (Fsp3) is 0.583. The largest absolute Gasteiger partial charge is 0.481 e. The van der Waals surface area contributed by atoms with Crippen molar-refractivity contribution in [3.8, 4) is 0 Å². The van der Waals surface area contributed by atoms with Crippen LogP contribution in [-0.2, 0) is 20.8 Å². The van der Waals surface area contributed by atoms with Gasteiger partial charge in [-0.3, -0.25) is 19.4 Å². The summed E-state index contributed by atoms with van der Waals surface area (Å²) in [4.78, 5) is 43.5. The van der Waals surface area contributed by atoms with Gasteiger partial charge >= 0.3 is 5.97 Å². The van der Waals surface area contributed by atoms with Crippen molar-refractivity contribution in [3.63, 3.8) is 0 Å². The number of hydrogen-bond donors (Lipinski definition) is 5. The number of aliphatic carboxylic acids is 1. The second kappa shape index (κ2) is 13.5. The number of carbonyl (C=O) groups is 3. The Kier molecular flexibility index (Phi) is 10.8. The molecule has 2 amide bonds. The number of carbonyl (C=O) groups excluding carboxylic acids is 2. The van der Waals surface area contributed by atoms with Crippen LogP contribution in [0.5, 0.6) is 0 Å². The lowest BCUT2D eigenvalue weighted by atomic mass is 9.84. The molecule has 188 valence electrons. The molecule has 34 heavy (non-hydrogen) atoms. The number of aliphatic imine (C=N–C) groups is 1. The molecule has 0 aromatic heterocycles. The Morgan fingerprint density at radius 3 is 2.35 bits per heavy atom. The van der Waals surface area contributed by atoms with Crippen molar-refractivity contribution in [2.45, 2.75) is 70.0 Å². The Bertz CT molecular complexity index is 833. The summed E-state index contributed by atoms with van der Waals surface area (Å²) in [5, 5.41) is 12.3. The zero-order chi connectivity index (χ0) is 25.1. The molecule has 1 aliphatic rings.